The number of rotatable bonds is 3. The maximum Gasteiger partial charge on any atom is 0.154 e. The topological polar surface area (TPSA) is 75.7 Å². The van der Waals surface area contributed by atoms with Crippen molar-refractivity contribution in [3.63, 3.8) is 0 Å². The molecule has 0 amide bonds. The second kappa shape index (κ2) is 4.53. The molecular weight excluding hydrogens is 226 g/mol. The summed E-state index contributed by atoms with van der Waals surface area (Å²) in [5, 5.41) is 6.84. The maximum atomic E-state index is 11.1. The highest BCUT2D eigenvalue weighted by Crippen LogP contribution is 2.30. The number of hydrogen-bond acceptors (Lipinski definition) is 4. The lowest BCUT2D eigenvalue weighted by Crippen LogP contribution is -2.06. The molecule has 0 spiro atoms. The van der Waals surface area contributed by atoms with Crippen LogP contribution in [0, 0.1) is 0 Å². The van der Waals surface area contributed by atoms with Gasteiger partial charge in [-0.15, -0.1) is 0 Å². The Labute approximate surface area is 95.6 Å². The van der Waals surface area contributed by atoms with Crippen LogP contribution in [0.3, 0.4) is 0 Å². The summed E-state index contributed by atoms with van der Waals surface area (Å²) in [5.41, 5.74) is 0. The highest BCUT2D eigenvalue weighted by atomic mass is 32.2. The van der Waals surface area contributed by atoms with E-state index in [4.69, 9.17) is 0 Å². The Morgan fingerprint density at radius 3 is 2.62 bits per heavy atom. The van der Waals surface area contributed by atoms with Gasteiger partial charge in [0.25, 0.3) is 0 Å². The van der Waals surface area contributed by atoms with Crippen LogP contribution < -0.4 is 0 Å². The SMILES string of the molecule is CS(=O)(=O)Cc1nc(C2CCCCC2)n[nH]1. The normalized spacial score (nSPS) is 18.8. The highest BCUT2D eigenvalue weighted by molar-refractivity contribution is 7.89. The molecule has 2 rings (SSSR count). The minimum Gasteiger partial charge on any atom is -0.262 e. The van der Waals surface area contributed by atoms with Crippen molar-refractivity contribution < 1.29 is 8.42 Å². The Hall–Kier alpha value is -0.910. The summed E-state index contributed by atoms with van der Waals surface area (Å²) in [6.45, 7) is 0. The Bertz CT molecular complexity index is 446. The molecule has 1 aliphatic rings. The number of H-pyrrole nitrogens is 1. The molecule has 1 aliphatic carbocycles. The molecular formula is C10H17N3O2S. The Morgan fingerprint density at radius 1 is 1.31 bits per heavy atom. The summed E-state index contributed by atoms with van der Waals surface area (Å²) in [7, 11) is -3.03. The van der Waals surface area contributed by atoms with Gasteiger partial charge in [0.1, 0.15) is 11.6 Å². The number of nitrogens with one attached hydrogen (secondary N) is 1. The average Bonchev–Trinajstić information content (AvgIpc) is 2.65. The predicted octanol–water partition coefficient (Wildman–Crippen LogP) is 1.40. The van der Waals surface area contributed by atoms with Crippen molar-refractivity contribution >= 4 is 9.84 Å². The molecule has 0 saturated heterocycles. The van der Waals surface area contributed by atoms with E-state index in [0.717, 1.165) is 18.7 Å². The van der Waals surface area contributed by atoms with Crippen LogP contribution >= 0.6 is 0 Å². The molecule has 1 N–H and O–H groups in total. The second-order valence-corrected chi connectivity index (χ2v) is 6.69. The summed E-state index contributed by atoms with van der Waals surface area (Å²) in [4.78, 5) is 4.27. The fourth-order valence-electron chi connectivity index (χ4n) is 2.17. The first-order chi connectivity index (χ1) is 7.54. The molecule has 0 unspecified atom stereocenters. The molecule has 0 bridgehead atoms. The summed E-state index contributed by atoms with van der Waals surface area (Å²) in [6, 6.07) is 0. The molecule has 0 aliphatic heterocycles. The first-order valence-electron chi connectivity index (χ1n) is 5.63. The molecule has 0 aromatic carbocycles. The van der Waals surface area contributed by atoms with Crippen LogP contribution in [0.4, 0.5) is 0 Å². The van der Waals surface area contributed by atoms with E-state index in [0.29, 0.717) is 11.7 Å². The van der Waals surface area contributed by atoms with Crippen molar-refractivity contribution in [3.8, 4) is 0 Å². The Morgan fingerprint density at radius 2 is 2.00 bits per heavy atom. The standard InChI is InChI=1S/C10H17N3O2S/c1-16(14,15)7-9-11-10(13-12-9)8-5-3-2-4-6-8/h8H,2-7H2,1H3,(H,11,12,13). The van der Waals surface area contributed by atoms with Gasteiger partial charge in [-0.1, -0.05) is 19.3 Å². The monoisotopic (exact) mass is 243 g/mol. The third kappa shape index (κ3) is 3.04. The molecule has 1 saturated carbocycles. The number of sulfone groups is 1. The van der Waals surface area contributed by atoms with Gasteiger partial charge in [0.05, 0.1) is 0 Å². The van der Waals surface area contributed by atoms with Gasteiger partial charge in [0.2, 0.25) is 0 Å². The summed E-state index contributed by atoms with van der Waals surface area (Å²) in [5.74, 6) is 1.62. The molecule has 0 atom stereocenters. The highest BCUT2D eigenvalue weighted by Gasteiger charge is 2.20. The predicted molar refractivity (Wildman–Crippen MR) is 60.8 cm³/mol. The van der Waals surface area contributed by atoms with E-state index in [1.54, 1.807) is 0 Å². The first-order valence-corrected chi connectivity index (χ1v) is 7.69. The van der Waals surface area contributed by atoms with Gasteiger partial charge in [-0.3, -0.25) is 5.10 Å². The van der Waals surface area contributed by atoms with Crippen LogP contribution in [0.2, 0.25) is 0 Å². The molecule has 1 fully saturated rings. The lowest BCUT2D eigenvalue weighted by atomic mass is 9.89. The molecule has 6 heteroatoms. The zero-order valence-corrected chi connectivity index (χ0v) is 10.3. The van der Waals surface area contributed by atoms with Crippen molar-refractivity contribution in [3.05, 3.63) is 11.6 Å². The number of aromatic nitrogens is 3. The largest absolute Gasteiger partial charge is 0.262 e. The summed E-state index contributed by atoms with van der Waals surface area (Å²) < 4.78 is 22.2. The lowest BCUT2D eigenvalue weighted by molar-refractivity contribution is 0.429. The van der Waals surface area contributed by atoms with Crippen LogP contribution in [-0.2, 0) is 15.6 Å². The number of hydrogen-bond donors (Lipinski definition) is 1. The number of aromatic amines is 1. The first kappa shape index (κ1) is 11.6. The zero-order valence-electron chi connectivity index (χ0n) is 9.44. The number of nitrogens with zero attached hydrogens (tertiary/aromatic N) is 2. The Balaban J connectivity index is 2.06. The van der Waals surface area contributed by atoms with Crippen molar-refractivity contribution in [1.29, 1.82) is 0 Å². The van der Waals surface area contributed by atoms with Gasteiger partial charge in [0, 0.05) is 12.2 Å². The molecule has 5 nitrogen and oxygen atoms in total. The molecule has 1 aromatic rings. The maximum absolute atomic E-state index is 11.1. The van der Waals surface area contributed by atoms with E-state index in [9.17, 15) is 8.42 Å². The smallest absolute Gasteiger partial charge is 0.154 e. The summed E-state index contributed by atoms with van der Waals surface area (Å²) in [6.07, 6.45) is 7.18. The molecule has 16 heavy (non-hydrogen) atoms. The zero-order chi connectivity index (χ0) is 11.6. The fourth-order valence-corrected chi connectivity index (χ4v) is 2.79. The van der Waals surface area contributed by atoms with Crippen molar-refractivity contribution in [2.24, 2.45) is 0 Å². The van der Waals surface area contributed by atoms with E-state index >= 15 is 0 Å². The average molecular weight is 243 g/mol. The van der Waals surface area contributed by atoms with Gasteiger partial charge in [0.15, 0.2) is 15.7 Å². The quantitative estimate of drug-likeness (QED) is 0.870. The van der Waals surface area contributed by atoms with Gasteiger partial charge in [-0.2, -0.15) is 5.10 Å². The minimum absolute atomic E-state index is 0.0489. The molecule has 0 radical (unpaired) electrons. The lowest BCUT2D eigenvalue weighted by Gasteiger charge is -2.17. The molecule has 90 valence electrons. The fraction of sp³-hybridized carbons (Fsp3) is 0.800. The third-order valence-electron chi connectivity index (χ3n) is 2.92. The van der Waals surface area contributed by atoms with Crippen LogP contribution in [0.5, 0.6) is 0 Å². The van der Waals surface area contributed by atoms with E-state index in [-0.39, 0.29) is 5.75 Å². The van der Waals surface area contributed by atoms with Crippen LogP contribution in [0.1, 0.15) is 49.7 Å². The summed E-state index contributed by atoms with van der Waals surface area (Å²) >= 11 is 0. The van der Waals surface area contributed by atoms with Crippen LogP contribution in [-0.4, -0.2) is 29.9 Å². The van der Waals surface area contributed by atoms with Crippen molar-refractivity contribution in [2.75, 3.05) is 6.26 Å². The Kier molecular flexibility index (Phi) is 3.28. The molecule has 1 aromatic heterocycles. The van der Waals surface area contributed by atoms with Crippen molar-refractivity contribution in [1.82, 2.24) is 15.2 Å². The van der Waals surface area contributed by atoms with Gasteiger partial charge in [-0.05, 0) is 12.8 Å². The second-order valence-electron chi connectivity index (χ2n) is 4.55. The van der Waals surface area contributed by atoms with Gasteiger partial charge in [-0.25, -0.2) is 13.4 Å². The third-order valence-corrected chi connectivity index (χ3v) is 3.72. The van der Waals surface area contributed by atoms with Gasteiger partial charge < -0.3 is 0 Å². The van der Waals surface area contributed by atoms with Crippen molar-refractivity contribution in [2.45, 2.75) is 43.8 Å². The van der Waals surface area contributed by atoms with Crippen LogP contribution in [0.25, 0.3) is 0 Å². The molecule has 1 heterocycles. The minimum atomic E-state index is -3.03. The van der Waals surface area contributed by atoms with Crippen LogP contribution in [0.15, 0.2) is 0 Å². The van der Waals surface area contributed by atoms with E-state index in [1.807, 2.05) is 0 Å². The van der Waals surface area contributed by atoms with E-state index in [1.165, 1.54) is 25.5 Å². The van der Waals surface area contributed by atoms with Gasteiger partial charge >= 0.3 is 0 Å². The van der Waals surface area contributed by atoms with E-state index < -0.39 is 9.84 Å². The van der Waals surface area contributed by atoms with E-state index in [2.05, 4.69) is 15.2 Å².